The van der Waals surface area contributed by atoms with Crippen molar-refractivity contribution in [2.24, 2.45) is 0 Å². The lowest BCUT2D eigenvalue weighted by atomic mass is 10.0. The molecule has 0 saturated heterocycles. The minimum atomic E-state index is -0.797. The van der Waals surface area contributed by atoms with E-state index in [0.29, 0.717) is 23.1 Å². The van der Waals surface area contributed by atoms with Gasteiger partial charge in [0.25, 0.3) is 5.91 Å². The minimum absolute atomic E-state index is 0.192. The largest absolute Gasteiger partial charge is 0.454 e. The number of carbonyl (C=O) groups excluding carboxylic acids is 2. The van der Waals surface area contributed by atoms with Crippen LogP contribution in [0.4, 0.5) is 5.69 Å². The molecule has 35 heavy (non-hydrogen) atoms. The zero-order valence-corrected chi connectivity index (χ0v) is 20.4. The van der Waals surface area contributed by atoms with Gasteiger partial charge < -0.3 is 19.7 Å². The van der Waals surface area contributed by atoms with Crippen LogP contribution in [0.2, 0.25) is 0 Å². The molecule has 0 bridgehead atoms. The number of hydrogen-bond acceptors (Lipinski definition) is 4. The second-order valence-corrected chi connectivity index (χ2v) is 8.97. The fourth-order valence-electron chi connectivity index (χ4n) is 3.89. The van der Waals surface area contributed by atoms with Gasteiger partial charge in [0.05, 0.1) is 0 Å². The number of anilines is 1. The van der Waals surface area contributed by atoms with E-state index in [9.17, 15) is 9.59 Å². The summed E-state index contributed by atoms with van der Waals surface area (Å²) in [7, 11) is 1.64. The van der Waals surface area contributed by atoms with Crippen molar-refractivity contribution in [3.63, 3.8) is 0 Å². The van der Waals surface area contributed by atoms with E-state index in [0.717, 1.165) is 16.7 Å². The monoisotopic (exact) mass is 470 g/mol. The summed E-state index contributed by atoms with van der Waals surface area (Å²) in [6.07, 6.45) is 3.17. The summed E-state index contributed by atoms with van der Waals surface area (Å²) < 4.78 is 10.7. The van der Waals surface area contributed by atoms with Crippen molar-refractivity contribution in [1.82, 2.24) is 4.90 Å². The van der Waals surface area contributed by atoms with Gasteiger partial charge in [-0.1, -0.05) is 61.9 Å². The van der Waals surface area contributed by atoms with Crippen molar-refractivity contribution < 1.29 is 19.1 Å². The number of ether oxygens (including phenoxy) is 2. The number of benzene rings is 3. The van der Waals surface area contributed by atoms with E-state index in [4.69, 9.17) is 9.47 Å². The first kappa shape index (κ1) is 24.1. The quantitative estimate of drug-likeness (QED) is 0.450. The van der Waals surface area contributed by atoms with Crippen LogP contribution in [-0.2, 0) is 9.59 Å². The molecule has 0 fully saturated rings. The Bertz CT molecular complexity index is 1230. The van der Waals surface area contributed by atoms with Crippen molar-refractivity contribution in [2.45, 2.75) is 32.7 Å². The lowest BCUT2D eigenvalue weighted by Gasteiger charge is -2.27. The number of hydrogen-bond donors (Lipinski definition) is 1. The fourth-order valence-corrected chi connectivity index (χ4v) is 3.89. The molecule has 0 spiro atoms. The van der Waals surface area contributed by atoms with Gasteiger partial charge in [-0.15, -0.1) is 0 Å². The maximum atomic E-state index is 13.4. The van der Waals surface area contributed by atoms with Crippen molar-refractivity contribution in [1.29, 1.82) is 0 Å². The molecule has 1 N–H and O–H groups in total. The third-order valence-electron chi connectivity index (χ3n) is 6.04. The predicted molar refractivity (Wildman–Crippen MR) is 137 cm³/mol. The Morgan fingerprint density at radius 3 is 2.26 bits per heavy atom. The number of rotatable bonds is 7. The summed E-state index contributed by atoms with van der Waals surface area (Å²) in [4.78, 5) is 28.0. The van der Waals surface area contributed by atoms with Gasteiger partial charge in [0, 0.05) is 18.8 Å². The second-order valence-electron chi connectivity index (χ2n) is 8.97. The number of nitrogens with zero attached hydrogens (tertiary/aromatic N) is 1. The van der Waals surface area contributed by atoms with Gasteiger partial charge in [-0.2, -0.15) is 0 Å². The zero-order valence-electron chi connectivity index (χ0n) is 20.4. The molecular formula is C29H30N2O4. The molecule has 3 aromatic rings. The van der Waals surface area contributed by atoms with Gasteiger partial charge in [0.15, 0.2) is 11.5 Å². The summed E-state index contributed by atoms with van der Waals surface area (Å²) in [5.41, 5.74) is 4.50. The average molecular weight is 471 g/mol. The van der Waals surface area contributed by atoms with Crippen LogP contribution in [-0.4, -0.2) is 30.6 Å². The Balaban J connectivity index is 1.54. The first-order valence-corrected chi connectivity index (χ1v) is 11.6. The molecule has 1 atom stereocenters. The maximum Gasteiger partial charge on any atom is 0.251 e. The number of fused-ring (bicyclic) bond motifs is 1. The minimum Gasteiger partial charge on any atom is -0.454 e. The lowest BCUT2D eigenvalue weighted by Crippen LogP contribution is -2.37. The highest BCUT2D eigenvalue weighted by atomic mass is 16.7. The number of carbonyl (C=O) groups is 2. The van der Waals surface area contributed by atoms with Gasteiger partial charge in [-0.05, 0) is 59.9 Å². The van der Waals surface area contributed by atoms with Crippen LogP contribution in [0, 0.1) is 6.92 Å². The van der Waals surface area contributed by atoms with Crippen LogP contribution in [0.25, 0.3) is 6.08 Å². The fraction of sp³-hybridized carbons (Fsp3) is 0.241. The molecule has 6 heteroatoms. The molecule has 0 saturated carbocycles. The molecule has 1 aliphatic rings. The van der Waals surface area contributed by atoms with Crippen LogP contribution in [0.1, 0.15) is 48.1 Å². The third kappa shape index (κ3) is 5.72. The zero-order chi connectivity index (χ0) is 24.9. The van der Waals surface area contributed by atoms with Crippen LogP contribution in [0.15, 0.2) is 72.8 Å². The van der Waals surface area contributed by atoms with E-state index >= 15 is 0 Å². The van der Waals surface area contributed by atoms with Crippen molar-refractivity contribution in [2.75, 3.05) is 19.2 Å². The van der Waals surface area contributed by atoms with Crippen molar-refractivity contribution in [3.05, 3.63) is 95.1 Å². The van der Waals surface area contributed by atoms with E-state index in [1.54, 1.807) is 13.1 Å². The van der Waals surface area contributed by atoms with E-state index in [-0.39, 0.29) is 18.6 Å². The predicted octanol–water partition coefficient (Wildman–Crippen LogP) is 5.70. The Morgan fingerprint density at radius 1 is 0.914 bits per heavy atom. The van der Waals surface area contributed by atoms with Crippen LogP contribution in [0.3, 0.4) is 0 Å². The van der Waals surface area contributed by atoms with Crippen LogP contribution in [0.5, 0.6) is 11.5 Å². The molecule has 6 nitrogen and oxygen atoms in total. The number of aryl methyl sites for hydroxylation is 1. The molecule has 0 aliphatic carbocycles. The Hall–Kier alpha value is -4.06. The maximum absolute atomic E-state index is 13.4. The van der Waals surface area contributed by atoms with Crippen molar-refractivity contribution >= 4 is 23.6 Å². The smallest absolute Gasteiger partial charge is 0.251 e. The highest BCUT2D eigenvalue weighted by Gasteiger charge is 2.28. The first-order valence-electron chi connectivity index (χ1n) is 11.6. The van der Waals surface area contributed by atoms with Gasteiger partial charge >= 0.3 is 0 Å². The van der Waals surface area contributed by atoms with E-state index < -0.39 is 6.04 Å². The normalized spacial score (nSPS) is 13.2. The van der Waals surface area contributed by atoms with Gasteiger partial charge in [-0.3, -0.25) is 9.59 Å². The van der Waals surface area contributed by atoms with Gasteiger partial charge in [0.1, 0.15) is 6.04 Å². The SMILES string of the molecule is Cc1ccc([C@@H](C(=O)Nc2ccc(C(C)C)cc2)N(C)C(=O)/C=C/c2ccc3c(c2)OCO3)cc1. The Labute approximate surface area is 206 Å². The molecule has 180 valence electrons. The second kappa shape index (κ2) is 10.5. The summed E-state index contributed by atoms with van der Waals surface area (Å²) in [6, 6.07) is 20.1. The average Bonchev–Trinajstić information content (AvgIpc) is 3.32. The molecular weight excluding hydrogens is 440 g/mol. The molecule has 0 radical (unpaired) electrons. The highest BCUT2D eigenvalue weighted by molar-refractivity contribution is 6.00. The number of amides is 2. The molecule has 0 unspecified atom stereocenters. The molecule has 1 heterocycles. The Kier molecular flexibility index (Phi) is 7.20. The summed E-state index contributed by atoms with van der Waals surface area (Å²) in [5.74, 6) is 1.16. The molecule has 2 amide bonds. The third-order valence-corrected chi connectivity index (χ3v) is 6.04. The lowest BCUT2D eigenvalue weighted by molar-refractivity contribution is -0.133. The summed E-state index contributed by atoms with van der Waals surface area (Å²) in [6.45, 7) is 6.42. The molecule has 0 aromatic heterocycles. The molecule has 4 rings (SSSR count). The van der Waals surface area contributed by atoms with Crippen LogP contribution < -0.4 is 14.8 Å². The number of likely N-dealkylation sites (N-methyl/N-ethyl adjacent to an activating group) is 1. The van der Waals surface area contributed by atoms with Gasteiger partial charge in [-0.25, -0.2) is 0 Å². The molecule has 1 aliphatic heterocycles. The first-order chi connectivity index (χ1) is 16.8. The van der Waals surface area contributed by atoms with E-state index in [1.165, 1.54) is 16.5 Å². The summed E-state index contributed by atoms with van der Waals surface area (Å²) in [5, 5.41) is 2.97. The topological polar surface area (TPSA) is 67.9 Å². The standard InChI is InChI=1S/C29H30N2O4/c1-19(2)22-11-13-24(14-12-22)30-29(33)28(23-9-5-20(3)6-10-23)31(4)27(32)16-8-21-7-15-25-26(17-21)35-18-34-25/h5-17,19,28H,18H2,1-4H3,(H,30,33)/b16-8+/t28-/m0/s1. The van der Waals surface area contributed by atoms with Gasteiger partial charge in [0.2, 0.25) is 12.7 Å². The van der Waals surface area contributed by atoms with Crippen molar-refractivity contribution in [3.8, 4) is 11.5 Å². The van der Waals surface area contributed by atoms with E-state index in [2.05, 4.69) is 19.2 Å². The Morgan fingerprint density at radius 2 is 1.57 bits per heavy atom. The van der Waals surface area contributed by atoms with E-state index in [1.807, 2.05) is 73.7 Å². The number of nitrogens with one attached hydrogen (secondary N) is 1. The highest BCUT2D eigenvalue weighted by Crippen LogP contribution is 2.33. The molecule has 3 aromatic carbocycles. The van der Waals surface area contributed by atoms with Crippen LogP contribution >= 0.6 is 0 Å². The summed E-state index contributed by atoms with van der Waals surface area (Å²) >= 11 is 0.